The maximum Gasteiger partial charge on any atom is 0.191 e. The van der Waals surface area contributed by atoms with E-state index in [1.807, 2.05) is 32.0 Å². The summed E-state index contributed by atoms with van der Waals surface area (Å²) in [7, 11) is 1.78. The third-order valence-corrected chi connectivity index (χ3v) is 3.73. The van der Waals surface area contributed by atoms with Gasteiger partial charge in [0, 0.05) is 19.2 Å². The third-order valence-electron chi connectivity index (χ3n) is 3.73. The molecular formula is C17H25IN4O. The Morgan fingerprint density at radius 3 is 2.52 bits per heavy atom. The molecular weight excluding hydrogens is 403 g/mol. The molecule has 1 aromatic carbocycles. The van der Waals surface area contributed by atoms with E-state index in [9.17, 15) is 0 Å². The normalized spacial score (nSPS) is 12.4. The van der Waals surface area contributed by atoms with Crippen molar-refractivity contribution in [2.24, 2.45) is 4.99 Å². The largest absolute Gasteiger partial charge is 0.361 e. The van der Waals surface area contributed by atoms with Crippen molar-refractivity contribution >= 4 is 29.9 Å². The Labute approximate surface area is 155 Å². The Morgan fingerprint density at radius 2 is 1.96 bits per heavy atom. The van der Waals surface area contributed by atoms with Crippen molar-refractivity contribution < 1.29 is 4.52 Å². The van der Waals surface area contributed by atoms with Gasteiger partial charge in [0.05, 0.1) is 11.7 Å². The van der Waals surface area contributed by atoms with Crippen LogP contribution in [0.15, 0.2) is 39.8 Å². The van der Waals surface area contributed by atoms with E-state index in [0.717, 1.165) is 30.4 Å². The molecule has 2 N–H and O–H groups in total. The lowest BCUT2D eigenvalue weighted by Gasteiger charge is -2.18. The lowest BCUT2D eigenvalue weighted by molar-refractivity contribution is 0.392. The van der Waals surface area contributed by atoms with Crippen molar-refractivity contribution in [3.05, 3.63) is 52.9 Å². The first-order valence-corrected chi connectivity index (χ1v) is 7.55. The summed E-state index contributed by atoms with van der Waals surface area (Å²) in [5.74, 6) is 1.68. The van der Waals surface area contributed by atoms with Crippen LogP contribution >= 0.6 is 24.0 Å². The average molecular weight is 428 g/mol. The molecule has 0 aliphatic carbocycles. The van der Waals surface area contributed by atoms with Crippen LogP contribution in [0.25, 0.3) is 0 Å². The zero-order chi connectivity index (χ0) is 15.9. The molecule has 2 rings (SSSR count). The highest BCUT2D eigenvalue weighted by atomic mass is 127. The van der Waals surface area contributed by atoms with E-state index in [2.05, 4.69) is 39.8 Å². The van der Waals surface area contributed by atoms with Gasteiger partial charge in [-0.05, 0) is 32.8 Å². The maximum absolute atomic E-state index is 5.18. The first-order chi connectivity index (χ1) is 10.6. The van der Waals surface area contributed by atoms with Gasteiger partial charge in [-0.2, -0.15) is 0 Å². The van der Waals surface area contributed by atoms with Gasteiger partial charge in [0.25, 0.3) is 0 Å². The smallest absolute Gasteiger partial charge is 0.191 e. The van der Waals surface area contributed by atoms with Gasteiger partial charge in [-0.1, -0.05) is 35.5 Å². The zero-order valence-corrected chi connectivity index (χ0v) is 16.4. The summed E-state index contributed by atoms with van der Waals surface area (Å²) in [6, 6.07) is 10.5. The second-order valence-corrected chi connectivity index (χ2v) is 5.33. The van der Waals surface area contributed by atoms with Crippen LogP contribution in [-0.4, -0.2) is 24.7 Å². The highest BCUT2D eigenvalue weighted by Gasteiger charge is 2.10. The SMILES string of the molecule is CN=C(NCCc1c(C)noc1C)NC(C)c1ccccc1.I. The molecule has 0 aliphatic rings. The lowest BCUT2D eigenvalue weighted by Crippen LogP contribution is -2.39. The molecule has 1 atom stereocenters. The number of aryl methyl sites for hydroxylation is 2. The fraction of sp³-hybridized carbons (Fsp3) is 0.412. The van der Waals surface area contributed by atoms with Crippen molar-refractivity contribution in [2.75, 3.05) is 13.6 Å². The number of hydrogen-bond donors (Lipinski definition) is 2. The van der Waals surface area contributed by atoms with E-state index in [-0.39, 0.29) is 30.0 Å². The minimum atomic E-state index is 0. The number of nitrogens with zero attached hydrogens (tertiary/aromatic N) is 2. The Bertz CT molecular complexity index is 605. The predicted octanol–water partition coefficient (Wildman–Crippen LogP) is 3.38. The first kappa shape index (κ1) is 19.5. The van der Waals surface area contributed by atoms with Crippen LogP contribution in [0, 0.1) is 13.8 Å². The third kappa shape index (κ3) is 5.53. The van der Waals surface area contributed by atoms with Gasteiger partial charge < -0.3 is 15.2 Å². The summed E-state index contributed by atoms with van der Waals surface area (Å²) in [5, 5.41) is 10.7. The monoisotopic (exact) mass is 428 g/mol. The van der Waals surface area contributed by atoms with Crippen LogP contribution in [0.5, 0.6) is 0 Å². The molecule has 0 saturated carbocycles. The standard InChI is InChI=1S/C17H24N4O.HI/c1-12(15-8-6-5-7-9-15)20-17(18-4)19-11-10-16-13(2)21-22-14(16)3;/h5-9,12H,10-11H2,1-4H3,(H2,18,19,20);1H. The highest BCUT2D eigenvalue weighted by Crippen LogP contribution is 2.12. The van der Waals surface area contributed by atoms with Crippen LogP contribution in [0.3, 0.4) is 0 Å². The molecule has 2 aromatic rings. The predicted molar refractivity (Wildman–Crippen MR) is 104 cm³/mol. The molecule has 0 aliphatic heterocycles. The van der Waals surface area contributed by atoms with Crippen LogP contribution in [0.2, 0.25) is 0 Å². The van der Waals surface area contributed by atoms with Gasteiger partial charge in [-0.3, -0.25) is 4.99 Å². The molecule has 0 amide bonds. The summed E-state index contributed by atoms with van der Waals surface area (Å²) < 4.78 is 5.18. The van der Waals surface area contributed by atoms with E-state index in [4.69, 9.17) is 4.52 Å². The summed E-state index contributed by atoms with van der Waals surface area (Å²) >= 11 is 0. The number of aromatic nitrogens is 1. The van der Waals surface area contributed by atoms with Gasteiger partial charge in [-0.15, -0.1) is 24.0 Å². The maximum atomic E-state index is 5.18. The topological polar surface area (TPSA) is 62.5 Å². The molecule has 0 saturated heterocycles. The number of nitrogens with one attached hydrogen (secondary N) is 2. The molecule has 5 nitrogen and oxygen atoms in total. The van der Waals surface area contributed by atoms with Crippen molar-refractivity contribution in [2.45, 2.75) is 33.2 Å². The Morgan fingerprint density at radius 1 is 1.26 bits per heavy atom. The molecule has 0 fully saturated rings. The summed E-state index contributed by atoms with van der Waals surface area (Å²) in [6.07, 6.45) is 0.863. The van der Waals surface area contributed by atoms with Gasteiger partial charge in [-0.25, -0.2) is 0 Å². The van der Waals surface area contributed by atoms with Gasteiger partial charge in [0.15, 0.2) is 5.96 Å². The number of rotatable bonds is 5. The zero-order valence-electron chi connectivity index (χ0n) is 14.1. The van der Waals surface area contributed by atoms with E-state index in [0.29, 0.717) is 0 Å². The fourth-order valence-corrected chi connectivity index (χ4v) is 2.39. The van der Waals surface area contributed by atoms with Gasteiger partial charge in [0.1, 0.15) is 5.76 Å². The van der Waals surface area contributed by atoms with Crippen LogP contribution in [0.4, 0.5) is 0 Å². The van der Waals surface area contributed by atoms with Crippen molar-refractivity contribution in [1.29, 1.82) is 0 Å². The molecule has 1 heterocycles. The molecule has 126 valence electrons. The number of guanidine groups is 1. The minimum absolute atomic E-state index is 0. The summed E-state index contributed by atoms with van der Waals surface area (Å²) in [6.45, 7) is 6.82. The van der Waals surface area contributed by atoms with E-state index in [1.165, 1.54) is 11.1 Å². The van der Waals surface area contributed by atoms with E-state index < -0.39 is 0 Å². The second-order valence-electron chi connectivity index (χ2n) is 5.33. The summed E-state index contributed by atoms with van der Waals surface area (Å²) in [5.41, 5.74) is 3.36. The molecule has 0 radical (unpaired) electrons. The second kappa shape index (κ2) is 9.54. The van der Waals surface area contributed by atoms with Crippen molar-refractivity contribution in [3.8, 4) is 0 Å². The van der Waals surface area contributed by atoms with Crippen LogP contribution in [0.1, 0.15) is 35.5 Å². The Balaban J connectivity index is 0.00000264. The quantitative estimate of drug-likeness (QED) is 0.436. The average Bonchev–Trinajstić information content (AvgIpc) is 2.86. The number of benzene rings is 1. The van der Waals surface area contributed by atoms with Gasteiger partial charge >= 0.3 is 0 Å². The number of hydrogen-bond acceptors (Lipinski definition) is 3. The number of halogens is 1. The van der Waals surface area contributed by atoms with Crippen molar-refractivity contribution in [1.82, 2.24) is 15.8 Å². The molecule has 0 bridgehead atoms. The lowest BCUT2D eigenvalue weighted by atomic mass is 10.1. The molecule has 0 spiro atoms. The Kier molecular flexibility index (Phi) is 8.08. The van der Waals surface area contributed by atoms with E-state index in [1.54, 1.807) is 7.05 Å². The molecule has 23 heavy (non-hydrogen) atoms. The van der Waals surface area contributed by atoms with Gasteiger partial charge in [0.2, 0.25) is 0 Å². The fourth-order valence-electron chi connectivity index (χ4n) is 2.39. The van der Waals surface area contributed by atoms with Crippen LogP contribution in [-0.2, 0) is 6.42 Å². The number of aliphatic imine (C=N–C) groups is 1. The Hall–Kier alpha value is -1.57. The first-order valence-electron chi connectivity index (χ1n) is 7.55. The molecule has 6 heteroatoms. The molecule has 1 unspecified atom stereocenters. The highest BCUT2D eigenvalue weighted by molar-refractivity contribution is 14.0. The van der Waals surface area contributed by atoms with E-state index >= 15 is 0 Å². The van der Waals surface area contributed by atoms with Crippen molar-refractivity contribution in [3.63, 3.8) is 0 Å². The van der Waals surface area contributed by atoms with Crippen LogP contribution < -0.4 is 10.6 Å². The molecule has 1 aromatic heterocycles. The summed E-state index contributed by atoms with van der Waals surface area (Å²) in [4.78, 5) is 4.27. The minimum Gasteiger partial charge on any atom is -0.361 e.